The highest BCUT2D eigenvalue weighted by Crippen LogP contribution is 2.33. The fraction of sp³-hybridized carbons (Fsp3) is 0.292. The number of likely N-dealkylation sites (N-methyl/N-ethyl adjacent to an activating group) is 1. The minimum atomic E-state index is -0.837. The zero-order chi connectivity index (χ0) is 23.8. The molecule has 0 amide bonds. The van der Waals surface area contributed by atoms with E-state index in [1.165, 1.54) is 6.07 Å². The van der Waals surface area contributed by atoms with Gasteiger partial charge in [0.05, 0.1) is 17.4 Å². The van der Waals surface area contributed by atoms with E-state index in [1.807, 2.05) is 24.6 Å². The summed E-state index contributed by atoms with van der Waals surface area (Å²) in [7, 11) is 3.96. The highest BCUT2D eigenvalue weighted by Gasteiger charge is 2.19. The van der Waals surface area contributed by atoms with Gasteiger partial charge in [-0.1, -0.05) is 0 Å². The molecule has 176 valence electrons. The van der Waals surface area contributed by atoms with Crippen molar-refractivity contribution in [2.45, 2.75) is 6.92 Å². The lowest BCUT2D eigenvalue weighted by molar-refractivity contribution is 0.313. The maximum absolute atomic E-state index is 15.1. The van der Waals surface area contributed by atoms with Gasteiger partial charge < -0.3 is 24.4 Å². The van der Waals surface area contributed by atoms with Crippen molar-refractivity contribution in [1.29, 1.82) is 0 Å². The minimum absolute atomic E-state index is 0.109. The molecule has 1 fully saturated rings. The normalized spacial score (nSPS) is 14.6. The van der Waals surface area contributed by atoms with Crippen LogP contribution in [-0.4, -0.2) is 57.6 Å². The van der Waals surface area contributed by atoms with E-state index in [1.54, 1.807) is 24.4 Å². The SMILES string of the molecule is Cc1cc2c(F)c(Oc3ncnc(Nc4ccc(N5CCN(C)CC5)cn4)c3F)ccc2n1C. The standard InChI is InChI=1S/C24H25F2N7O/c1-15-12-17-18(32(15)3)5-6-19(21(17)25)34-24-22(26)23(28-14-29-24)30-20-7-4-16(13-27-20)33-10-8-31(2)9-11-33/h4-7,12-14H,8-11H2,1-3H3,(H,27,28,29,30). The number of hydrogen-bond acceptors (Lipinski definition) is 7. The Morgan fingerprint density at radius 3 is 2.47 bits per heavy atom. The maximum atomic E-state index is 15.1. The third-order valence-corrected chi connectivity index (χ3v) is 6.19. The van der Waals surface area contributed by atoms with Crippen LogP contribution in [0.4, 0.5) is 26.1 Å². The second kappa shape index (κ2) is 8.86. The predicted molar refractivity (Wildman–Crippen MR) is 127 cm³/mol. The molecule has 0 aliphatic carbocycles. The van der Waals surface area contributed by atoms with Crippen molar-refractivity contribution < 1.29 is 13.5 Å². The topological polar surface area (TPSA) is 71.3 Å². The number of aromatic nitrogens is 4. The Labute approximate surface area is 195 Å². The number of anilines is 3. The molecule has 4 aromatic rings. The number of rotatable bonds is 5. The number of halogens is 2. The van der Waals surface area contributed by atoms with Gasteiger partial charge in [0.15, 0.2) is 17.4 Å². The van der Waals surface area contributed by atoms with E-state index >= 15 is 8.78 Å². The van der Waals surface area contributed by atoms with Crippen molar-refractivity contribution in [3.8, 4) is 11.6 Å². The monoisotopic (exact) mass is 465 g/mol. The van der Waals surface area contributed by atoms with Crippen LogP contribution >= 0.6 is 0 Å². The number of benzene rings is 1. The number of nitrogens with zero attached hydrogens (tertiary/aromatic N) is 6. The summed E-state index contributed by atoms with van der Waals surface area (Å²) in [6.07, 6.45) is 2.90. The lowest BCUT2D eigenvalue weighted by atomic mass is 10.2. The summed E-state index contributed by atoms with van der Waals surface area (Å²) in [6, 6.07) is 8.61. The van der Waals surface area contributed by atoms with E-state index in [9.17, 15) is 0 Å². The first kappa shape index (κ1) is 22.0. The van der Waals surface area contributed by atoms with Crippen LogP contribution in [0.3, 0.4) is 0 Å². The van der Waals surface area contributed by atoms with Gasteiger partial charge in [-0.3, -0.25) is 0 Å². The summed E-state index contributed by atoms with van der Waals surface area (Å²) in [6.45, 7) is 5.72. The van der Waals surface area contributed by atoms with Crippen molar-refractivity contribution in [3.05, 3.63) is 60.2 Å². The molecule has 1 saturated heterocycles. The molecule has 5 rings (SSSR count). The number of nitrogens with one attached hydrogen (secondary N) is 1. The number of aryl methyl sites for hydroxylation is 2. The molecule has 8 nitrogen and oxygen atoms in total. The lowest BCUT2D eigenvalue weighted by Gasteiger charge is -2.33. The Hall–Kier alpha value is -3.79. The van der Waals surface area contributed by atoms with Gasteiger partial charge in [0.25, 0.3) is 5.88 Å². The second-order valence-electron chi connectivity index (χ2n) is 8.42. The number of ether oxygens (including phenoxy) is 1. The van der Waals surface area contributed by atoms with Crippen LogP contribution < -0.4 is 15.0 Å². The average molecular weight is 466 g/mol. The number of pyridine rings is 1. The molecule has 10 heteroatoms. The van der Waals surface area contributed by atoms with Crippen LogP contribution in [-0.2, 0) is 7.05 Å². The summed E-state index contributed by atoms with van der Waals surface area (Å²) >= 11 is 0. The molecular formula is C24H25F2N7O. The van der Waals surface area contributed by atoms with Crippen molar-refractivity contribution in [2.24, 2.45) is 7.05 Å². The Morgan fingerprint density at radius 1 is 0.941 bits per heavy atom. The summed E-state index contributed by atoms with van der Waals surface area (Å²) in [5.41, 5.74) is 2.63. The predicted octanol–water partition coefficient (Wildman–Crippen LogP) is 4.24. The number of piperazine rings is 1. The van der Waals surface area contributed by atoms with E-state index in [0.29, 0.717) is 11.2 Å². The molecule has 34 heavy (non-hydrogen) atoms. The lowest BCUT2D eigenvalue weighted by Crippen LogP contribution is -2.44. The van der Waals surface area contributed by atoms with Crippen molar-refractivity contribution in [2.75, 3.05) is 43.4 Å². The van der Waals surface area contributed by atoms with Gasteiger partial charge in [-0.15, -0.1) is 0 Å². The van der Waals surface area contributed by atoms with E-state index in [4.69, 9.17) is 4.74 Å². The highest BCUT2D eigenvalue weighted by molar-refractivity contribution is 5.83. The third kappa shape index (κ3) is 4.12. The van der Waals surface area contributed by atoms with E-state index in [-0.39, 0.29) is 17.4 Å². The van der Waals surface area contributed by atoms with Crippen LogP contribution in [0.5, 0.6) is 11.6 Å². The van der Waals surface area contributed by atoms with E-state index in [2.05, 4.69) is 37.1 Å². The van der Waals surface area contributed by atoms with Crippen LogP contribution in [0.1, 0.15) is 5.69 Å². The van der Waals surface area contributed by atoms with Gasteiger partial charge >= 0.3 is 0 Å². The molecular weight excluding hydrogens is 440 g/mol. The molecule has 0 unspecified atom stereocenters. The quantitative estimate of drug-likeness (QED) is 0.473. The molecule has 1 aromatic carbocycles. The summed E-state index contributed by atoms with van der Waals surface area (Å²) in [5.74, 6) is -1.59. The molecule has 0 radical (unpaired) electrons. The fourth-order valence-electron chi connectivity index (χ4n) is 4.02. The van der Waals surface area contributed by atoms with Gasteiger partial charge in [0, 0.05) is 44.3 Å². The van der Waals surface area contributed by atoms with E-state index < -0.39 is 11.6 Å². The molecule has 1 N–H and O–H groups in total. The third-order valence-electron chi connectivity index (χ3n) is 6.19. The fourth-order valence-corrected chi connectivity index (χ4v) is 4.02. The molecule has 1 aliphatic rings. The van der Waals surface area contributed by atoms with Crippen LogP contribution in [0.25, 0.3) is 10.9 Å². The largest absolute Gasteiger partial charge is 0.433 e. The zero-order valence-electron chi connectivity index (χ0n) is 19.2. The van der Waals surface area contributed by atoms with Crippen molar-refractivity contribution >= 4 is 28.2 Å². The Kier molecular flexibility index (Phi) is 5.74. The molecule has 0 spiro atoms. The maximum Gasteiger partial charge on any atom is 0.261 e. The first-order valence-electron chi connectivity index (χ1n) is 11.0. The zero-order valence-corrected chi connectivity index (χ0v) is 19.2. The molecule has 0 atom stereocenters. The first-order valence-corrected chi connectivity index (χ1v) is 11.0. The summed E-state index contributed by atoms with van der Waals surface area (Å²) in [4.78, 5) is 16.7. The second-order valence-corrected chi connectivity index (χ2v) is 8.42. The van der Waals surface area contributed by atoms with Gasteiger partial charge in [0.1, 0.15) is 12.1 Å². The molecule has 4 heterocycles. The van der Waals surface area contributed by atoms with Crippen LogP contribution in [0, 0.1) is 18.6 Å². The Morgan fingerprint density at radius 2 is 1.74 bits per heavy atom. The van der Waals surface area contributed by atoms with Crippen LogP contribution in [0.15, 0.2) is 42.9 Å². The molecule has 0 bridgehead atoms. The highest BCUT2D eigenvalue weighted by atomic mass is 19.1. The number of fused-ring (bicyclic) bond motifs is 1. The van der Waals surface area contributed by atoms with Gasteiger partial charge in [0.2, 0.25) is 5.82 Å². The van der Waals surface area contributed by atoms with Gasteiger partial charge in [-0.25, -0.2) is 14.4 Å². The molecule has 1 aliphatic heterocycles. The average Bonchev–Trinajstić information content (AvgIpc) is 3.13. The first-order chi connectivity index (χ1) is 16.4. The molecule has 3 aromatic heterocycles. The minimum Gasteiger partial charge on any atom is -0.433 e. The smallest absolute Gasteiger partial charge is 0.261 e. The summed E-state index contributed by atoms with van der Waals surface area (Å²) < 4.78 is 37.5. The van der Waals surface area contributed by atoms with Gasteiger partial charge in [-0.05, 0) is 44.3 Å². The van der Waals surface area contributed by atoms with Gasteiger partial charge in [-0.2, -0.15) is 9.37 Å². The summed E-state index contributed by atoms with van der Waals surface area (Å²) in [5, 5.41) is 3.25. The Balaban J connectivity index is 1.34. The van der Waals surface area contributed by atoms with E-state index in [0.717, 1.165) is 49.4 Å². The van der Waals surface area contributed by atoms with Crippen LogP contribution in [0.2, 0.25) is 0 Å². The van der Waals surface area contributed by atoms with Crippen molar-refractivity contribution in [3.63, 3.8) is 0 Å². The Bertz CT molecular complexity index is 1330. The van der Waals surface area contributed by atoms with Crippen molar-refractivity contribution in [1.82, 2.24) is 24.4 Å². The number of hydrogen-bond donors (Lipinski definition) is 1. The molecule has 0 saturated carbocycles.